The Morgan fingerprint density at radius 1 is 0.609 bits per heavy atom. The molecule has 0 unspecified atom stereocenters. The van der Waals surface area contributed by atoms with Crippen LogP contribution in [0.2, 0.25) is 0 Å². The van der Waals surface area contributed by atoms with Crippen molar-refractivity contribution in [3.05, 3.63) is 71.8 Å². The standard InChI is InChI=1S/C16H12F6O/c17-13(15(19,20)11-7-3-1-4-8-11)23-14(18)16(21,22)12-9-5-2-6-10-12/h1-10,13-14H/t13-,14+. The largest absolute Gasteiger partial charge is 0.327 e. The van der Waals surface area contributed by atoms with Gasteiger partial charge < -0.3 is 4.74 Å². The molecule has 124 valence electrons. The summed E-state index contributed by atoms with van der Waals surface area (Å²) in [5.41, 5.74) is -1.61. The molecule has 0 aliphatic heterocycles. The van der Waals surface area contributed by atoms with Gasteiger partial charge in [-0.25, -0.2) is 8.78 Å². The average Bonchev–Trinajstić information content (AvgIpc) is 2.56. The van der Waals surface area contributed by atoms with Crippen LogP contribution in [0.15, 0.2) is 60.7 Å². The van der Waals surface area contributed by atoms with E-state index in [2.05, 4.69) is 4.74 Å². The second-order valence-electron chi connectivity index (χ2n) is 4.75. The third-order valence-electron chi connectivity index (χ3n) is 3.13. The molecule has 23 heavy (non-hydrogen) atoms. The highest BCUT2D eigenvalue weighted by atomic mass is 19.3. The van der Waals surface area contributed by atoms with Gasteiger partial charge >= 0.3 is 11.8 Å². The van der Waals surface area contributed by atoms with Gasteiger partial charge in [-0.15, -0.1) is 0 Å². The molecule has 0 heterocycles. The number of benzene rings is 2. The number of hydrogen-bond donors (Lipinski definition) is 0. The molecule has 2 aromatic rings. The van der Waals surface area contributed by atoms with Crippen molar-refractivity contribution in [2.75, 3.05) is 0 Å². The number of alkyl halides is 6. The van der Waals surface area contributed by atoms with Crippen molar-refractivity contribution in [3.8, 4) is 0 Å². The zero-order valence-electron chi connectivity index (χ0n) is 11.6. The molecule has 0 aromatic heterocycles. The van der Waals surface area contributed by atoms with Crippen LogP contribution >= 0.6 is 0 Å². The highest BCUT2D eigenvalue weighted by Gasteiger charge is 2.50. The van der Waals surface area contributed by atoms with Crippen molar-refractivity contribution in [2.45, 2.75) is 24.6 Å². The number of ether oxygens (including phenoxy) is 1. The lowest BCUT2D eigenvalue weighted by Gasteiger charge is -2.26. The molecule has 0 radical (unpaired) electrons. The lowest BCUT2D eigenvalue weighted by molar-refractivity contribution is -0.295. The highest BCUT2D eigenvalue weighted by molar-refractivity contribution is 5.22. The molecule has 2 rings (SSSR count). The summed E-state index contributed by atoms with van der Waals surface area (Å²) in [6.07, 6.45) is -7.12. The molecule has 2 aromatic carbocycles. The zero-order chi connectivity index (χ0) is 17.1. The van der Waals surface area contributed by atoms with Crippen LogP contribution in [0.1, 0.15) is 11.1 Å². The van der Waals surface area contributed by atoms with Gasteiger partial charge in [-0.1, -0.05) is 60.7 Å². The second kappa shape index (κ2) is 6.62. The van der Waals surface area contributed by atoms with Crippen LogP contribution < -0.4 is 0 Å². The Labute approximate surface area is 128 Å². The summed E-state index contributed by atoms with van der Waals surface area (Å²) in [4.78, 5) is 0. The molecule has 7 heteroatoms. The fourth-order valence-corrected chi connectivity index (χ4v) is 1.86. The normalized spacial score (nSPS) is 15.2. The van der Waals surface area contributed by atoms with Gasteiger partial charge in [-0.2, -0.15) is 17.6 Å². The molecule has 0 aliphatic carbocycles. The summed E-state index contributed by atoms with van der Waals surface area (Å²) in [6, 6.07) is 11.2. The molecule has 0 bridgehead atoms. The Bertz CT molecular complexity index is 561. The van der Waals surface area contributed by atoms with Gasteiger partial charge in [-0.05, 0) is 0 Å². The first-order valence-corrected chi connectivity index (χ1v) is 6.56. The first-order valence-electron chi connectivity index (χ1n) is 6.56. The molecule has 0 fully saturated rings. The molecule has 0 aliphatic rings. The summed E-state index contributed by atoms with van der Waals surface area (Å²) in [5, 5.41) is 0. The predicted molar refractivity (Wildman–Crippen MR) is 71.5 cm³/mol. The molecular formula is C16H12F6O. The van der Waals surface area contributed by atoms with E-state index in [1.807, 2.05) is 0 Å². The zero-order valence-corrected chi connectivity index (χ0v) is 11.6. The van der Waals surface area contributed by atoms with Crippen LogP contribution in [0.3, 0.4) is 0 Å². The maximum absolute atomic E-state index is 13.8. The lowest BCUT2D eigenvalue weighted by atomic mass is 10.1. The van der Waals surface area contributed by atoms with Crippen molar-refractivity contribution in [1.29, 1.82) is 0 Å². The van der Waals surface area contributed by atoms with Gasteiger partial charge in [0.25, 0.3) is 12.7 Å². The van der Waals surface area contributed by atoms with Gasteiger partial charge in [0.2, 0.25) is 0 Å². The fraction of sp³-hybridized carbons (Fsp3) is 0.250. The molecule has 0 saturated carbocycles. The monoisotopic (exact) mass is 334 g/mol. The van der Waals surface area contributed by atoms with Gasteiger partial charge in [0.05, 0.1) is 0 Å². The lowest BCUT2D eigenvalue weighted by Crippen LogP contribution is -2.38. The Hall–Kier alpha value is -2.02. The minimum atomic E-state index is -4.27. The van der Waals surface area contributed by atoms with E-state index in [1.165, 1.54) is 36.4 Å². The summed E-state index contributed by atoms with van der Waals surface area (Å²) in [6.45, 7) is 0. The number of rotatable bonds is 6. The van der Waals surface area contributed by atoms with E-state index in [-0.39, 0.29) is 0 Å². The maximum Gasteiger partial charge on any atom is 0.327 e. The van der Waals surface area contributed by atoms with E-state index in [1.54, 1.807) is 0 Å². The minimum absolute atomic E-state index is 0.803. The third-order valence-corrected chi connectivity index (χ3v) is 3.13. The minimum Gasteiger partial charge on any atom is -0.303 e. The molecule has 1 nitrogen and oxygen atoms in total. The van der Waals surface area contributed by atoms with E-state index in [4.69, 9.17) is 0 Å². The van der Waals surface area contributed by atoms with Crippen molar-refractivity contribution in [2.24, 2.45) is 0 Å². The maximum atomic E-state index is 13.8. The van der Waals surface area contributed by atoms with E-state index >= 15 is 0 Å². The van der Waals surface area contributed by atoms with Gasteiger partial charge in [0.1, 0.15) is 0 Å². The van der Waals surface area contributed by atoms with E-state index in [9.17, 15) is 26.3 Å². The molecular weight excluding hydrogens is 322 g/mol. The van der Waals surface area contributed by atoms with Crippen LogP contribution in [-0.4, -0.2) is 12.7 Å². The summed E-state index contributed by atoms with van der Waals surface area (Å²) in [7, 11) is 0. The van der Waals surface area contributed by atoms with Crippen LogP contribution in [0.25, 0.3) is 0 Å². The predicted octanol–water partition coefficient (Wildman–Crippen LogP) is 5.18. The van der Waals surface area contributed by atoms with E-state index in [0.717, 1.165) is 24.3 Å². The summed E-state index contributed by atoms with van der Waals surface area (Å²) >= 11 is 0. The average molecular weight is 334 g/mol. The first-order chi connectivity index (χ1) is 10.8. The molecule has 2 atom stereocenters. The fourth-order valence-electron chi connectivity index (χ4n) is 1.86. The molecule has 0 amide bonds. The van der Waals surface area contributed by atoms with Crippen molar-refractivity contribution < 1.29 is 31.1 Å². The van der Waals surface area contributed by atoms with Crippen LogP contribution in [0.4, 0.5) is 26.3 Å². The number of hydrogen-bond acceptors (Lipinski definition) is 1. The smallest absolute Gasteiger partial charge is 0.303 e. The van der Waals surface area contributed by atoms with Crippen LogP contribution in [0.5, 0.6) is 0 Å². The second-order valence-corrected chi connectivity index (χ2v) is 4.75. The van der Waals surface area contributed by atoms with Gasteiger partial charge in [-0.3, -0.25) is 0 Å². The Kier molecular flexibility index (Phi) is 4.99. The van der Waals surface area contributed by atoms with Crippen molar-refractivity contribution >= 4 is 0 Å². The Morgan fingerprint density at radius 3 is 1.22 bits per heavy atom. The number of halogens is 6. The third kappa shape index (κ3) is 3.67. The van der Waals surface area contributed by atoms with E-state index < -0.39 is 35.7 Å². The topological polar surface area (TPSA) is 9.23 Å². The van der Waals surface area contributed by atoms with Crippen LogP contribution in [-0.2, 0) is 16.6 Å². The van der Waals surface area contributed by atoms with Crippen LogP contribution in [0, 0.1) is 0 Å². The Morgan fingerprint density at radius 2 is 0.913 bits per heavy atom. The Balaban J connectivity index is 2.14. The first kappa shape index (κ1) is 17.3. The van der Waals surface area contributed by atoms with Gasteiger partial charge in [0, 0.05) is 11.1 Å². The highest BCUT2D eigenvalue weighted by Crippen LogP contribution is 2.39. The SMILES string of the molecule is F[C@H](O[C@H](F)C(F)(F)c1ccccc1)C(F)(F)c1ccccc1. The van der Waals surface area contributed by atoms with Crippen molar-refractivity contribution in [3.63, 3.8) is 0 Å². The molecule has 0 saturated heterocycles. The molecule has 0 spiro atoms. The summed E-state index contributed by atoms with van der Waals surface area (Å²) < 4.78 is 86.0. The molecule has 0 N–H and O–H groups in total. The van der Waals surface area contributed by atoms with Crippen molar-refractivity contribution in [1.82, 2.24) is 0 Å². The summed E-state index contributed by atoms with van der Waals surface area (Å²) in [5.74, 6) is -8.53. The quantitative estimate of drug-likeness (QED) is 0.662. The van der Waals surface area contributed by atoms with E-state index in [0.29, 0.717) is 0 Å². The van der Waals surface area contributed by atoms with Gasteiger partial charge in [0.15, 0.2) is 0 Å².